The lowest BCUT2D eigenvalue weighted by molar-refractivity contribution is 0.680. The van der Waals surface area contributed by atoms with Gasteiger partial charge in [-0.2, -0.15) is 5.26 Å². The van der Waals surface area contributed by atoms with Gasteiger partial charge >= 0.3 is 0 Å². The van der Waals surface area contributed by atoms with Crippen molar-refractivity contribution in [1.29, 1.82) is 5.26 Å². The third kappa shape index (κ3) is 4.16. The first-order valence-corrected chi connectivity index (χ1v) is 7.33. The molecule has 2 rings (SSSR count). The molecule has 1 aromatic carbocycles. The van der Waals surface area contributed by atoms with Crippen LogP contribution in [0.1, 0.15) is 28.8 Å². The van der Waals surface area contributed by atoms with E-state index < -0.39 is 0 Å². The van der Waals surface area contributed by atoms with E-state index in [0.717, 1.165) is 31.5 Å². The second kappa shape index (κ2) is 7.03. The fraction of sp³-hybridized carbons (Fsp3) is 0.333. The van der Waals surface area contributed by atoms with E-state index in [1.54, 1.807) is 11.3 Å². The highest BCUT2D eigenvalue weighted by molar-refractivity contribution is 7.09. The summed E-state index contributed by atoms with van der Waals surface area (Å²) in [6, 6.07) is 9.86. The molecule has 1 N–H and O–H groups in total. The Hall–Kier alpha value is -1.70. The molecule has 0 saturated carbocycles. The molecule has 0 saturated heterocycles. The number of nitrogens with one attached hydrogen (secondary N) is 1. The molecule has 0 atom stereocenters. The number of nitrogens with zero attached hydrogens (tertiary/aromatic N) is 2. The SMILES string of the molecule is CCc1nc(CCNCc2cccc(C#N)c2)cs1. The number of hydrogen-bond donors (Lipinski definition) is 1. The van der Waals surface area contributed by atoms with Gasteiger partial charge in [0.05, 0.1) is 22.3 Å². The van der Waals surface area contributed by atoms with Crippen molar-refractivity contribution < 1.29 is 0 Å². The molecule has 0 radical (unpaired) electrons. The third-order valence-electron chi connectivity index (χ3n) is 2.84. The second-order valence-corrected chi connectivity index (χ2v) is 5.27. The van der Waals surface area contributed by atoms with Gasteiger partial charge in [0.15, 0.2) is 0 Å². The van der Waals surface area contributed by atoms with Crippen LogP contribution >= 0.6 is 11.3 Å². The first kappa shape index (κ1) is 13.7. The molecule has 0 unspecified atom stereocenters. The summed E-state index contributed by atoms with van der Waals surface area (Å²) in [7, 11) is 0. The standard InChI is InChI=1S/C15H17N3S/c1-2-15-18-14(11-19-15)6-7-17-10-13-5-3-4-12(8-13)9-16/h3-5,8,11,17H,2,6-7,10H2,1H3. The van der Waals surface area contributed by atoms with Crippen LogP contribution in [0.15, 0.2) is 29.6 Å². The normalized spacial score (nSPS) is 10.3. The zero-order valence-electron chi connectivity index (χ0n) is 11.0. The molecule has 2 aromatic rings. The first-order valence-electron chi connectivity index (χ1n) is 6.45. The Bertz CT molecular complexity index is 569. The summed E-state index contributed by atoms with van der Waals surface area (Å²) in [4.78, 5) is 4.54. The molecule has 1 heterocycles. The third-order valence-corrected chi connectivity index (χ3v) is 3.89. The highest BCUT2D eigenvalue weighted by Crippen LogP contribution is 2.10. The predicted octanol–water partition coefficient (Wildman–Crippen LogP) is 2.91. The molecule has 0 amide bonds. The zero-order chi connectivity index (χ0) is 13.5. The van der Waals surface area contributed by atoms with Crippen LogP contribution in [0.3, 0.4) is 0 Å². The number of aryl methyl sites for hydroxylation is 1. The number of rotatable bonds is 6. The zero-order valence-corrected chi connectivity index (χ0v) is 11.8. The van der Waals surface area contributed by atoms with Gasteiger partial charge in [0.25, 0.3) is 0 Å². The van der Waals surface area contributed by atoms with Crippen LogP contribution in [0, 0.1) is 11.3 Å². The van der Waals surface area contributed by atoms with E-state index in [1.807, 2.05) is 24.3 Å². The van der Waals surface area contributed by atoms with E-state index in [-0.39, 0.29) is 0 Å². The van der Waals surface area contributed by atoms with Gasteiger partial charge in [-0.25, -0.2) is 4.98 Å². The van der Waals surface area contributed by atoms with Crippen LogP contribution in [0.4, 0.5) is 0 Å². The Kier molecular flexibility index (Phi) is 5.08. The van der Waals surface area contributed by atoms with Crippen molar-refractivity contribution in [2.45, 2.75) is 26.3 Å². The predicted molar refractivity (Wildman–Crippen MR) is 78.1 cm³/mol. The Labute approximate surface area is 117 Å². The molecule has 98 valence electrons. The summed E-state index contributed by atoms with van der Waals surface area (Å²) in [6.45, 7) is 3.83. The minimum atomic E-state index is 0.714. The monoisotopic (exact) mass is 271 g/mol. The van der Waals surface area contributed by atoms with Crippen LogP contribution in [-0.2, 0) is 19.4 Å². The maximum absolute atomic E-state index is 8.83. The van der Waals surface area contributed by atoms with Gasteiger partial charge in [0.2, 0.25) is 0 Å². The average Bonchev–Trinajstić information content (AvgIpc) is 2.92. The number of benzene rings is 1. The number of thiazole rings is 1. The highest BCUT2D eigenvalue weighted by Gasteiger charge is 2.00. The highest BCUT2D eigenvalue weighted by atomic mass is 32.1. The van der Waals surface area contributed by atoms with E-state index in [0.29, 0.717) is 5.56 Å². The lowest BCUT2D eigenvalue weighted by Crippen LogP contribution is -2.16. The molecular formula is C15H17N3S. The van der Waals surface area contributed by atoms with Gasteiger partial charge in [0.1, 0.15) is 0 Å². The Morgan fingerprint density at radius 1 is 1.42 bits per heavy atom. The number of aromatic nitrogens is 1. The van der Waals surface area contributed by atoms with Gasteiger partial charge in [-0.3, -0.25) is 0 Å². The summed E-state index contributed by atoms with van der Waals surface area (Å²) in [5.41, 5.74) is 3.03. The Morgan fingerprint density at radius 2 is 2.32 bits per heavy atom. The summed E-state index contributed by atoms with van der Waals surface area (Å²) < 4.78 is 0. The summed E-state index contributed by atoms with van der Waals surface area (Å²) in [5, 5.41) is 15.6. The smallest absolute Gasteiger partial charge is 0.0991 e. The first-order chi connectivity index (χ1) is 9.31. The molecule has 0 aliphatic rings. The molecule has 0 bridgehead atoms. The van der Waals surface area contributed by atoms with E-state index in [9.17, 15) is 0 Å². The van der Waals surface area contributed by atoms with Crippen LogP contribution < -0.4 is 5.32 Å². The minimum Gasteiger partial charge on any atom is -0.312 e. The summed E-state index contributed by atoms with van der Waals surface area (Å²) in [5.74, 6) is 0. The van der Waals surface area contributed by atoms with Gasteiger partial charge < -0.3 is 5.32 Å². The number of nitriles is 1. The molecule has 0 spiro atoms. The van der Waals surface area contributed by atoms with E-state index in [1.165, 1.54) is 10.7 Å². The van der Waals surface area contributed by atoms with E-state index in [4.69, 9.17) is 5.26 Å². The van der Waals surface area contributed by atoms with Gasteiger partial charge in [-0.15, -0.1) is 11.3 Å². The average molecular weight is 271 g/mol. The van der Waals surface area contributed by atoms with Gasteiger partial charge in [-0.05, 0) is 24.1 Å². The number of hydrogen-bond acceptors (Lipinski definition) is 4. The molecule has 3 nitrogen and oxygen atoms in total. The molecule has 0 fully saturated rings. The molecule has 19 heavy (non-hydrogen) atoms. The molecule has 0 aliphatic heterocycles. The van der Waals surface area contributed by atoms with Crippen molar-refractivity contribution in [2.75, 3.05) is 6.54 Å². The maximum Gasteiger partial charge on any atom is 0.0991 e. The van der Waals surface area contributed by atoms with Gasteiger partial charge in [0, 0.05) is 24.9 Å². The Balaban J connectivity index is 1.76. The van der Waals surface area contributed by atoms with Crippen LogP contribution in [-0.4, -0.2) is 11.5 Å². The van der Waals surface area contributed by atoms with Crippen molar-refractivity contribution in [3.63, 3.8) is 0 Å². The van der Waals surface area contributed by atoms with Crippen LogP contribution in [0.25, 0.3) is 0 Å². The topological polar surface area (TPSA) is 48.7 Å². The van der Waals surface area contributed by atoms with Gasteiger partial charge in [-0.1, -0.05) is 19.1 Å². The molecule has 1 aromatic heterocycles. The van der Waals surface area contributed by atoms with Crippen molar-refractivity contribution >= 4 is 11.3 Å². The summed E-state index contributed by atoms with van der Waals surface area (Å²) in [6.07, 6.45) is 1.97. The van der Waals surface area contributed by atoms with Crippen molar-refractivity contribution in [3.8, 4) is 6.07 Å². The molecular weight excluding hydrogens is 254 g/mol. The maximum atomic E-state index is 8.83. The summed E-state index contributed by atoms with van der Waals surface area (Å²) >= 11 is 1.73. The van der Waals surface area contributed by atoms with Crippen molar-refractivity contribution in [1.82, 2.24) is 10.3 Å². The Morgan fingerprint density at radius 3 is 3.05 bits per heavy atom. The lowest BCUT2D eigenvalue weighted by atomic mass is 10.1. The minimum absolute atomic E-state index is 0.714. The van der Waals surface area contributed by atoms with Crippen molar-refractivity contribution in [2.24, 2.45) is 0 Å². The fourth-order valence-corrected chi connectivity index (χ4v) is 2.61. The fourth-order valence-electron chi connectivity index (χ4n) is 1.83. The largest absolute Gasteiger partial charge is 0.312 e. The van der Waals surface area contributed by atoms with Crippen molar-refractivity contribution in [3.05, 3.63) is 51.5 Å². The molecule has 4 heteroatoms. The quantitative estimate of drug-likeness (QED) is 0.822. The van der Waals surface area contributed by atoms with Crippen LogP contribution in [0.5, 0.6) is 0 Å². The van der Waals surface area contributed by atoms with E-state index >= 15 is 0 Å². The lowest BCUT2D eigenvalue weighted by Gasteiger charge is -2.04. The van der Waals surface area contributed by atoms with E-state index in [2.05, 4.69) is 28.7 Å². The molecule has 0 aliphatic carbocycles. The second-order valence-electron chi connectivity index (χ2n) is 4.33. The van der Waals surface area contributed by atoms with Crippen LogP contribution in [0.2, 0.25) is 0 Å².